The summed E-state index contributed by atoms with van der Waals surface area (Å²) in [5.74, 6) is -0.113. The van der Waals surface area contributed by atoms with Crippen molar-refractivity contribution in [1.29, 1.82) is 0 Å². The molecule has 0 aliphatic heterocycles. The zero-order valence-electron chi connectivity index (χ0n) is 16.2. The first-order chi connectivity index (χ1) is 14.2. The van der Waals surface area contributed by atoms with Crippen LogP contribution in [0, 0.1) is 6.92 Å². The van der Waals surface area contributed by atoms with Gasteiger partial charge in [0.25, 0.3) is 5.91 Å². The topological polar surface area (TPSA) is 59.2 Å². The standard InChI is InChI=1S/C24H21N3O2/c1-18-23(17-29-26-18)24(28)27(16-20-8-6-12-25-14-20)15-19-7-5-11-22(13-19)21-9-3-2-4-10-21/h2-14,17H,15-16H2,1H3. The number of nitrogens with zero attached hydrogens (tertiary/aromatic N) is 3. The van der Waals surface area contributed by atoms with Gasteiger partial charge in [-0.2, -0.15) is 0 Å². The third-order valence-corrected chi connectivity index (χ3v) is 4.77. The molecule has 4 rings (SSSR count). The second-order valence-electron chi connectivity index (χ2n) is 6.90. The molecule has 0 saturated heterocycles. The van der Waals surface area contributed by atoms with Crippen molar-refractivity contribution in [3.8, 4) is 11.1 Å². The fourth-order valence-corrected chi connectivity index (χ4v) is 3.28. The fourth-order valence-electron chi connectivity index (χ4n) is 3.28. The lowest BCUT2D eigenvalue weighted by Gasteiger charge is -2.23. The maximum Gasteiger partial charge on any atom is 0.259 e. The number of hydrogen-bond acceptors (Lipinski definition) is 4. The van der Waals surface area contributed by atoms with E-state index in [1.165, 1.54) is 6.26 Å². The molecule has 0 saturated carbocycles. The molecular weight excluding hydrogens is 362 g/mol. The van der Waals surface area contributed by atoms with Crippen LogP contribution in [0.3, 0.4) is 0 Å². The van der Waals surface area contributed by atoms with Gasteiger partial charge < -0.3 is 9.42 Å². The van der Waals surface area contributed by atoms with Crippen molar-refractivity contribution in [3.63, 3.8) is 0 Å². The first kappa shape index (κ1) is 18.6. The van der Waals surface area contributed by atoms with Gasteiger partial charge in [-0.3, -0.25) is 9.78 Å². The molecule has 2 heterocycles. The van der Waals surface area contributed by atoms with E-state index in [1.54, 1.807) is 24.2 Å². The third-order valence-electron chi connectivity index (χ3n) is 4.77. The van der Waals surface area contributed by atoms with Gasteiger partial charge in [0.1, 0.15) is 11.8 Å². The van der Waals surface area contributed by atoms with Crippen molar-refractivity contribution < 1.29 is 9.32 Å². The van der Waals surface area contributed by atoms with Gasteiger partial charge in [-0.1, -0.05) is 59.8 Å². The molecule has 0 bridgehead atoms. The number of amides is 1. The lowest BCUT2D eigenvalue weighted by atomic mass is 10.0. The predicted molar refractivity (Wildman–Crippen MR) is 111 cm³/mol. The zero-order chi connectivity index (χ0) is 20.1. The molecule has 2 aromatic heterocycles. The van der Waals surface area contributed by atoms with Gasteiger partial charge in [0.05, 0.1) is 5.69 Å². The molecule has 4 aromatic rings. The maximum atomic E-state index is 13.2. The zero-order valence-corrected chi connectivity index (χ0v) is 16.2. The number of pyridine rings is 1. The van der Waals surface area contributed by atoms with E-state index < -0.39 is 0 Å². The summed E-state index contributed by atoms with van der Waals surface area (Å²) in [5.41, 5.74) is 5.36. The molecule has 29 heavy (non-hydrogen) atoms. The number of aryl methyl sites for hydroxylation is 1. The molecule has 0 aliphatic carbocycles. The Bertz CT molecular complexity index is 1090. The lowest BCUT2D eigenvalue weighted by Crippen LogP contribution is -2.30. The molecule has 0 unspecified atom stereocenters. The van der Waals surface area contributed by atoms with Crippen LogP contribution in [0.25, 0.3) is 11.1 Å². The van der Waals surface area contributed by atoms with Crippen LogP contribution in [-0.2, 0) is 13.1 Å². The lowest BCUT2D eigenvalue weighted by molar-refractivity contribution is 0.0728. The first-order valence-corrected chi connectivity index (χ1v) is 9.44. The van der Waals surface area contributed by atoms with Gasteiger partial charge in [-0.15, -0.1) is 0 Å². The largest absolute Gasteiger partial charge is 0.364 e. The molecule has 144 valence electrons. The predicted octanol–water partition coefficient (Wildman–Crippen LogP) is 4.89. The fraction of sp³-hybridized carbons (Fsp3) is 0.125. The highest BCUT2D eigenvalue weighted by molar-refractivity contribution is 5.94. The average Bonchev–Trinajstić information content (AvgIpc) is 3.20. The second-order valence-corrected chi connectivity index (χ2v) is 6.90. The van der Waals surface area contributed by atoms with Crippen LogP contribution in [0.5, 0.6) is 0 Å². The summed E-state index contributed by atoms with van der Waals surface area (Å²) < 4.78 is 4.98. The minimum absolute atomic E-state index is 0.113. The number of aromatic nitrogens is 2. The first-order valence-electron chi connectivity index (χ1n) is 9.44. The molecule has 5 nitrogen and oxygen atoms in total. The van der Waals surface area contributed by atoms with Crippen LogP contribution in [-0.4, -0.2) is 20.9 Å². The molecule has 0 aliphatic rings. The molecule has 0 N–H and O–H groups in total. The summed E-state index contributed by atoms with van der Waals surface area (Å²) in [7, 11) is 0. The van der Waals surface area contributed by atoms with Crippen molar-refractivity contribution in [1.82, 2.24) is 15.0 Å². The Balaban J connectivity index is 1.63. The highest BCUT2D eigenvalue weighted by Crippen LogP contribution is 2.22. The summed E-state index contributed by atoms with van der Waals surface area (Å²) in [6, 6.07) is 22.3. The van der Waals surface area contributed by atoms with Gasteiger partial charge in [0.2, 0.25) is 0 Å². The monoisotopic (exact) mass is 383 g/mol. The average molecular weight is 383 g/mol. The van der Waals surface area contributed by atoms with E-state index in [9.17, 15) is 4.79 Å². The van der Waals surface area contributed by atoms with Gasteiger partial charge in [0.15, 0.2) is 0 Å². The van der Waals surface area contributed by atoms with Crippen molar-refractivity contribution in [2.24, 2.45) is 0 Å². The summed E-state index contributed by atoms with van der Waals surface area (Å²) in [5, 5.41) is 3.85. The van der Waals surface area contributed by atoms with Crippen molar-refractivity contribution in [3.05, 3.63) is 108 Å². The van der Waals surface area contributed by atoms with E-state index in [-0.39, 0.29) is 5.91 Å². The maximum absolute atomic E-state index is 13.2. The molecule has 5 heteroatoms. The molecule has 0 fully saturated rings. The van der Waals surface area contributed by atoms with E-state index in [2.05, 4.69) is 34.4 Å². The van der Waals surface area contributed by atoms with Crippen molar-refractivity contribution in [2.45, 2.75) is 20.0 Å². The van der Waals surface area contributed by atoms with Crippen LogP contribution in [0.1, 0.15) is 27.2 Å². The molecule has 0 spiro atoms. The molecular formula is C24H21N3O2. The Hall–Kier alpha value is -3.73. The highest BCUT2D eigenvalue weighted by Gasteiger charge is 2.21. The summed E-state index contributed by atoms with van der Waals surface area (Å²) in [6.45, 7) is 2.70. The van der Waals surface area contributed by atoms with E-state index in [1.807, 2.05) is 42.5 Å². The Morgan fingerprint density at radius 3 is 2.41 bits per heavy atom. The Labute approximate surface area is 169 Å². The number of carbonyl (C=O) groups excluding carboxylic acids is 1. The quantitative estimate of drug-likeness (QED) is 0.476. The van der Waals surface area contributed by atoms with Crippen LogP contribution < -0.4 is 0 Å². The number of benzene rings is 2. The Kier molecular flexibility index (Phi) is 5.47. The van der Waals surface area contributed by atoms with E-state index >= 15 is 0 Å². The van der Waals surface area contributed by atoms with Crippen LogP contribution in [0.15, 0.2) is 89.9 Å². The SMILES string of the molecule is Cc1nocc1C(=O)N(Cc1cccnc1)Cc1cccc(-c2ccccc2)c1. The van der Waals surface area contributed by atoms with E-state index in [4.69, 9.17) is 4.52 Å². The normalized spacial score (nSPS) is 10.7. The Morgan fingerprint density at radius 1 is 0.931 bits per heavy atom. The van der Waals surface area contributed by atoms with E-state index in [0.29, 0.717) is 24.3 Å². The van der Waals surface area contributed by atoms with E-state index in [0.717, 1.165) is 22.3 Å². The minimum atomic E-state index is -0.113. The molecule has 2 aromatic carbocycles. The summed E-state index contributed by atoms with van der Waals surface area (Å²) >= 11 is 0. The summed E-state index contributed by atoms with van der Waals surface area (Å²) in [4.78, 5) is 19.2. The number of hydrogen-bond donors (Lipinski definition) is 0. The summed E-state index contributed by atoms with van der Waals surface area (Å²) in [6.07, 6.45) is 4.92. The van der Waals surface area contributed by atoms with Crippen molar-refractivity contribution in [2.75, 3.05) is 0 Å². The van der Waals surface area contributed by atoms with Crippen LogP contribution in [0.2, 0.25) is 0 Å². The third kappa shape index (κ3) is 4.41. The molecule has 0 atom stereocenters. The molecule has 0 radical (unpaired) electrons. The smallest absolute Gasteiger partial charge is 0.259 e. The van der Waals surface area contributed by atoms with Gasteiger partial charge in [-0.05, 0) is 41.3 Å². The van der Waals surface area contributed by atoms with Crippen LogP contribution >= 0.6 is 0 Å². The highest BCUT2D eigenvalue weighted by atomic mass is 16.5. The van der Waals surface area contributed by atoms with Crippen molar-refractivity contribution >= 4 is 5.91 Å². The molecule has 1 amide bonds. The van der Waals surface area contributed by atoms with Gasteiger partial charge >= 0.3 is 0 Å². The van der Waals surface area contributed by atoms with Gasteiger partial charge in [-0.25, -0.2) is 0 Å². The van der Waals surface area contributed by atoms with Gasteiger partial charge in [0, 0.05) is 25.5 Å². The van der Waals surface area contributed by atoms with Crippen LogP contribution in [0.4, 0.5) is 0 Å². The number of carbonyl (C=O) groups is 1. The Morgan fingerprint density at radius 2 is 1.69 bits per heavy atom. The second kappa shape index (κ2) is 8.52. The minimum Gasteiger partial charge on any atom is -0.364 e. The number of rotatable bonds is 6.